The van der Waals surface area contributed by atoms with Gasteiger partial charge in [-0.25, -0.2) is 4.79 Å². The van der Waals surface area contributed by atoms with Crippen molar-refractivity contribution in [1.29, 1.82) is 0 Å². The number of carbonyl (C=O) groups excluding carboxylic acids is 2. The molecule has 7 atom stereocenters. The van der Waals surface area contributed by atoms with E-state index in [2.05, 4.69) is 13.8 Å². The van der Waals surface area contributed by atoms with E-state index in [1.54, 1.807) is 0 Å². The van der Waals surface area contributed by atoms with Crippen molar-refractivity contribution in [3.8, 4) is 0 Å². The molecule has 0 N–H and O–H groups in total. The predicted molar refractivity (Wildman–Crippen MR) is 93.9 cm³/mol. The first-order valence-corrected chi connectivity index (χ1v) is 9.92. The molecule has 0 spiro atoms. The lowest BCUT2D eigenvalue weighted by atomic mass is 9.49. The summed E-state index contributed by atoms with van der Waals surface area (Å²) < 4.78 is 10.4. The Hall–Kier alpha value is -1.32. The van der Waals surface area contributed by atoms with Crippen molar-refractivity contribution in [1.82, 2.24) is 0 Å². The molecule has 138 valence electrons. The third kappa shape index (κ3) is 2.63. The maximum atomic E-state index is 11.8. The van der Waals surface area contributed by atoms with Gasteiger partial charge in [0.25, 0.3) is 0 Å². The number of hydrogen-bond donors (Lipinski definition) is 0. The van der Waals surface area contributed by atoms with Crippen LogP contribution >= 0.6 is 0 Å². The normalized spacial score (nSPS) is 45.7. The van der Waals surface area contributed by atoms with Crippen LogP contribution in [0, 0.1) is 35.0 Å². The molecule has 0 aromatic heterocycles. The highest BCUT2D eigenvalue weighted by molar-refractivity contribution is 5.91. The second-order valence-electron chi connectivity index (χ2n) is 9.04. The maximum Gasteiger partial charge on any atom is 0.508 e. The van der Waals surface area contributed by atoms with Gasteiger partial charge in [0.05, 0.1) is 7.11 Å². The lowest BCUT2D eigenvalue weighted by Crippen LogP contribution is -2.51. The van der Waals surface area contributed by atoms with Gasteiger partial charge in [0, 0.05) is 11.8 Å². The average Bonchev–Trinajstić information content (AvgIpc) is 2.90. The summed E-state index contributed by atoms with van der Waals surface area (Å²) in [6.07, 6.45) is 8.66. The second-order valence-corrected chi connectivity index (χ2v) is 9.04. The summed E-state index contributed by atoms with van der Waals surface area (Å²) in [5, 5.41) is 0. The molecule has 0 saturated heterocycles. The summed E-state index contributed by atoms with van der Waals surface area (Å²) in [6, 6.07) is 0. The Morgan fingerprint density at radius 3 is 2.76 bits per heavy atom. The van der Waals surface area contributed by atoms with E-state index in [4.69, 9.17) is 9.47 Å². The van der Waals surface area contributed by atoms with Crippen LogP contribution in [0.15, 0.2) is 11.6 Å². The molecule has 0 bridgehead atoms. The minimum absolute atomic E-state index is 0.0155. The molecule has 0 unspecified atom stereocenters. The monoisotopic (exact) mass is 346 g/mol. The van der Waals surface area contributed by atoms with Crippen LogP contribution in [0.2, 0.25) is 0 Å². The van der Waals surface area contributed by atoms with E-state index < -0.39 is 6.16 Å². The molecule has 0 amide bonds. The molecule has 4 heteroatoms. The van der Waals surface area contributed by atoms with Gasteiger partial charge in [-0.15, -0.1) is 0 Å². The average molecular weight is 346 g/mol. The Bertz CT molecular complexity index is 609. The molecule has 4 aliphatic carbocycles. The maximum absolute atomic E-state index is 11.8. The molecular weight excluding hydrogens is 316 g/mol. The zero-order valence-corrected chi connectivity index (χ0v) is 15.6. The molecule has 4 aliphatic rings. The van der Waals surface area contributed by atoms with E-state index in [9.17, 15) is 9.59 Å². The SMILES string of the molecule is COC(=O)O[C@H]1CC[C@H]2[C@@H]3CCC4=CC(=O)CC[C@@H]4[C@H]3[C@@H](C)C[C@]12C. The third-order valence-electron chi connectivity index (χ3n) is 7.91. The van der Waals surface area contributed by atoms with Crippen molar-refractivity contribution < 1.29 is 19.1 Å². The number of rotatable bonds is 1. The van der Waals surface area contributed by atoms with Crippen LogP contribution < -0.4 is 0 Å². The summed E-state index contributed by atoms with van der Waals surface area (Å²) >= 11 is 0. The smallest absolute Gasteiger partial charge is 0.438 e. The highest BCUT2D eigenvalue weighted by Crippen LogP contribution is 2.63. The van der Waals surface area contributed by atoms with Gasteiger partial charge in [-0.1, -0.05) is 19.4 Å². The Morgan fingerprint density at radius 2 is 2.00 bits per heavy atom. The van der Waals surface area contributed by atoms with E-state index in [0.29, 0.717) is 35.4 Å². The van der Waals surface area contributed by atoms with E-state index in [0.717, 1.165) is 38.5 Å². The molecule has 0 heterocycles. The van der Waals surface area contributed by atoms with Crippen LogP contribution in [0.3, 0.4) is 0 Å². The van der Waals surface area contributed by atoms with Gasteiger partial charge in [-0.2, -0.15) is 0 Å². The lowest BCUT2D eigenvalue weighted by Gasteiger charge is -2.56. The number of methoxy groups -OCH3 is 1. The summed E-state index contributed by atoms with van der Waals surface area (Å²) in [7, 11) is 1.38. The largest absolute Gasteiger partial charge is 0.508 e. The van der Waals surface area contributed by atoms with Crippen molar-refractivity contribution in [3.63, 3.8) is 0 Å². The van der Waals surface area contributed by atoms with Crippen LogP contribution in [-0.4, -0.2) is 25.2 Å². The number of fused-ring (bicyclic) bond motifs is 5. The fourth-order valence-corrected chi connectivity index (χ4v) is 7.08. The quantitative estimate of drug-likeness (QED) is 0.655. The minimum Gasteiger partial charge on any atom is -0.438 e. The van der Waals surface area contributed by atoms with Crippen molar-refractivity contribution >= 4 is 11.9 Å². The third-order valence-corrected chi connectivity index (χ3v) is 7.91. The summed E-state index contributed by atoms with van der Waals surface area (Å²) in [6.45, 7) is 4.72. The summed E-state index contributed by atoms with van der Waals surface area (Å²) in [4.78, 5) is 23.5. The Morgan fingerprint density at radius 1 is 1.20 bits per heavy atom. The first-order valence-electron chi connectivity index (χ1n) is 9.92. The van der Waals surface area contributed by atoms with Crippen LogP contribution in [0.25, 0.3) is 0 Å². The van der Waals surface area contributed by atoms with Gasteiger partial charge in [0.15, 0.2) is 5.78 Å². The molecule has 3 saturated carbocycles. The first-order chi connectivity index (χ1) is 11.9. The molecule has 4 rings (SSSR count). The standard InChI is InChI=1S/C21H30O4/c1-12-11-21(2)17(8-9-18(21)25-20(23)24-3)16-6-4-13-10-14(22)5-7-15(13)19(12)16/h10,12,15-19H,4-9,11H2,1-3H3/t12-,15-,16-,17-,18-,19+,21-/m0/s1. The zero-order valence-electron chi connectivity index (χ0n) is 15.6. The number of allylic oxidation sites excluding steroid dienone is 1. The zero-order chi connectivity index (χ0) is 17.8. The van der Waals surface area contributed by atoms with Gasteiger partial charge in [-0.3, -0.25) is 4.79 Å². The summed E-state index contributed by atoms with van der Waals surface area (Å²) in [5.41, 5.74) is 1.49. The van der Waals surface area contributed by atoms with Crippen molar-refractivity contribution in [2.45, 2.75) is 64.9 Å². The number of ether oxygens (including phenoxy) is 2. The van der Waals surface area contributed by atoms with E-state index in [-0.39, 0.29) is 11.5 Å². The van der Waals surface area contributed by atoms with Crippen LogP contribution in [-0.2, 0) is 14.3 Å². The topological polar surface area (TPSA) is 52.6 Å². The number of carbonyl (C=O) groups is 2. The Kier molecular flexibility index (Phi) is 4.20. The lowest BCUT2D eigenvalue weighted by molar-refractivity contribution is -0.117. The minimum atomic E-state index is -0.540. The highest BCUT2D eigenvalue weighted by Gasteiger charge is 2.59. The second kappa shape index (κ2) is 6.14. The van der Waals surface area contributed by atoms with E-state index >= 15 is 0 Å². The van der Waals surface area contributed by atoms with Crippen molar-refractivity contribution in [2.75, 3.05) is 7.11 Å². The highest BCUT2D eigenvalue weighted by atomic mass is 16.7. The Labute approximate surface area is 150 Å². The van der Waals surface area contributed by atoms with Gasteiger partial charge in [-0.05, 0) is 74.2 Å². The molecule has 0 radical (unpaired) electrons. The molecule has 0 aromatic rings. The number of ketones is 1. The molecule has 25 heavy (non-hydrogen) atoms. The molecular formula is C21H30O4. The molecule has 4 nitrogen and oxygen atoms in total. The van der Waals surface area contributed by atoms with E-state index in [1.165, 1.54) is 19.1 Å². The van der Waals surface area contributed by atoms with E-state index in [1.807, 2.05) is 6.08 Å². The van der Waals surface area contributed by atoms with Crippen LogP contribution in [0.4, 0.5) is 4.79 Å². The summed E-state index contributed by atoms with van der Waals surface area (Å²) in [5.74, 6) is 3.57. The van der Waals surface area contributed by atoms with Gasteiger partial charge in [0.2, 0.25) is 0 Å². The van der Waals surface area contributed by atoms with Gasteiger partial charge in [0.1, 0.15) is 6.10 Å². The molecule has 0 aromatic carbocycles. The molecule has 3 fully saturated rings. The van der Waals surface area contributed by atoms with Crippen LogP contribution in [0.5, 0.6) is 0 Å². The predicted octanol–water partition coefficient (Wildman–Crippen LogP) is 4.53. The Balaban J connectivity index is 1.60. The van der Waals surface area contributed by atoms with Crippen molar-refractivity contribution in [2.24, 2.45) is 35.0 Å². The first kappa shape index (κ1) is 17.1. The fraction of sp³-hybridized carbons (Fsp3) is 0.810. The van der Waals surface area contributed by atoms with Crippen molar-refractivity contribution in [3.05, 3.63) is 11.6 Å². The van der Waals surface area contributed by atoms with Crippen LogP contribution in [0.1, 0.15) is 58.8 Å². The van der Waals surface area contributed by atoms with Gasteiger partial charge >= 0.3 is 6.16 Å². The molecule has 0 aliphatic heterocycles. The fourth-order valence-electron chi connectivity index (χ4n) is 7.08. The van der Waals surface area contributed by atoms with Gasteiger partial charge < -0.3 is 9.47 Å². The number of hydrogen-bond acceptors (Lipinski definition) is 4.